The van der Waals surface area contributed by atoms with Gasteiger partial charge < -0.3 is 9.52 Å². The number of aryl methyl sites for hydroxylation is 3. The molecular formula is C25H23NO4. The van der Waals surface area contributed by atoms with E-state index in [0.717, 1.165) is 11.1 Å². The summed E-state index contributed by atoms with van der Waals surface area (Å²) in [6, 6.07) is 19.8. The Morgan fingerprint density at radius 2 is 1.70 bits per heavy atom. The maximum absolute atomic E-state index is 13.2. The molecule has 5 nitrogen and oxygen atoms in total. The molecule has 1 N–H and O–H groups in total. The second kappa shape index (κ2) is 8.03. The van der Waals surface area contributed by atoms with E-state index in [-0.39, 0.29) is 17.8 Å². The Hall–Kier alpha value is -3.60. The molecule has 1 unspecified atom stereocenters. The maximum atomic E-state index is 13.2. The van der Waals surface area contributed by atoms with Gasteiger partial charge in [0, 0.05) is 12.1 Å². The number of aliphatic hydroxyl groups is 1. The quantitative estimate of drug-likeness (QED) is 0.631. The van der Waals surface area contributed by atoms with E-state index in [1.807, 2.05) is 55.5 Å². The first-order valence-electron chi connectivity index (χ1n) is 9.93. The van der Waals surface area contributed by atoms with E-state index in [1.165, 1.54) is 4.90 Å². The van der Waals surface area contributed by atoms with Crippen LogP contribution in [0.1, 0.15) is 35.1 Å². The first-order chi connectivity index (χ1) is 14.5. The van der Waals surface area contributed by atoms with Crippen molar-refractivity contribution in [2.45, 2.75) is 32.7 Å². The number of nitrogens with zero attached hydrogens (tertiary/aromatic N) is 1. The minimum Gasteiger partial charge on any atom is -0.503 e. The van der Waals surface area contributed by atoms with Crippen LogP contribution < -0.4 is 4.90 Å². The Bertz CT molecular complexity index is 1130. The van der Waals surface area contributed by atoms with Crippen molar-refractivity contribution in [3.05, 3.63) is 101 Å². The van der Waals surface area contributed by atoms with Crippen molar-refractivity contribution in [3.8, 4) is 0 Å². The van der Waals surface area contributed by atoms with Gasteiger partial charge >= 0.3 is 0 Å². The molecule has 2 heterocycles. The first kappa shape index (κ1) is 19.7. The summed E-state index contributed by atoms with van der Waals surface area (Å²) < 4.78 is 5.81. The number of anilines is 1. The monoisotopic (exact) mass is 401 g/mol. The molecule has 0 fully saturated rings. The summed E-state index contributed by atoms with van der Waals surface area (Å²) in [6.45, 7) is 3.69. The summed E-state index contributed by atoms with van der Waals surface area (Å²) in [5, 5.41) is 10.7. The Morgan fingerprint density at radius 3 is 2.37 bits per heavy atom. The lowest BCUT2D eigenvalue weighted by atomic mass is 9.96. The van der Waals surface area contributed by atoms with Crippen molar-refractivity contribution in [3.63, 3.8) is 0 Å². The third-order valence-corrected chi connectivity index (χ3v) is 5.40. The van der Waals surface area contributed by atoms with Gasteiger partial charge in [-0.25, -0.2) is 0 Å². The highest BCUT2D eigenvalue weighted by Gasteiger charge is 2.45. The maximum Gasteiger partial charge on any atom is 0.294 e. The standard InChI is InChI=1S/C25H23NO4/c1-16-8-6-7-11-19(16)26-23(21-15-12-17(2)30-21)22(24(28)25(26)29)20(27)14-13-18-9-4-3-5-10-18/h3-12,15,23,28H,13-14H2,1-2H3. The summed E-state index contributed by atoms with van der Waals surface area (Å²) in [4.78, 5) is 27.7. The normalized spacial score (nSPS) is 16.4. The van der Waals surface area contributed by atoms with Crippen molar-refractivity contribution >= 4 is 17.4 Å². The molecule has 2 aromatic carbocycles. The number of hydrogen-bond donors (Lipinski definition) is 1. The van der Waals surface area contributed by atoms with Crippen molar-refractivity contribution < 1.29 is 19.1 Å². The van der Waals surface area contributed by atoms with Gasteiger partial charge in [-0.3, -0.25) is 14.5 Å². The van der Waals surface area contributed by atoms with Gasteiger partial charge in [-0.15, -0.1) is 0 Å². The fourth-order valence-corrected chi connectivity index (χ4v) is 3.88. The fraction of sp³-hybridized carbons (Fsp3) is 0.200. The van der Waals surface area contributed by atoms with Crippen molar-refractivity contribution in [2.24, 2.45) is 0 Å². The van der Waals surface area contributed by atoms with Crippen LogP contribution in [0.2, 0.25) is 0 Å². The number of amides is 1. The van der Waals surface area contributed by atoms with Crippen LogP contribution in [0.15, 0.2) is 82.5 Å². The summed E-state index contributed by atoms with van der Waals surface area (Å²) in [5.41, 5.74) is 2.62. The van der Waals surface area contributed by atoms with Crippen LogP contribution in [0, 0.1) is 13.8 Å². The number of carbonyl (C=O) groups excluding carboxylic acids is 2. The second-order valence-electron chi connectivity index (χ2n) is 7.48. The first-order valence-corrected chi connectivity index (χ1v) is 9.93. The van der Waals surface area contributed by atoms with Gasteiger partial charge in [-0.1, -0.05) is 48.5 Å². The number of Topliss-reactive ketones (excluding diaryl/α,β-unsaturated/α-hetero) is 1. The lowest BCUT2D eigenvalue weighted by Crippen LogP contribution is -2.31. The number of benzene rings is 2. The molecule has 1 aliphatic rings. The number of rotatable bonds is 6. The smallest absolute Gasteiger partial charge is 0.294 e. The molecule has 0 saturated carbocycles. The van der Waals surface area contributed by atoms with Crippen LogP contribution in [0.25, 0.3) is 0 Å². The largest absolute Gasteiger partial charge is 0.503 e. The predicted octanol–water partition coefficient (Wildman–Crippen LogP) is 5.00. The second-order valence-corrected chi connectivity index (χ2v) is 7.48. The third kappa shape index (κ3) is 3.54. The number of carbonyl (C=O) groups is 2. The van der Waals surface area contributed by atoms with Gasteiger partial charge in [-0.05, 0) is 49.6 Å². The topological polar surface area (TPSA) is 70.8 Å². The molecule has 1 aromatic heterocycles. The molecule has 0 aliphatic carbocycles. The molecule has 152 valence electrons. The van der Waals surface area contributed by atoms with Gasteiger partial charge in [0.05, 0.1) is 5.57 Å². The number of furan rings is 1. The highest BCUT2D eigenvalue weighted by Crippen LogP contribution is 2.42. The highest BCUT2D eigenvalue weighted by molar-refractivity contribution is 6.16. The van der Waals surface area contributed by atoms with E-state index in [2.05, 4.69) is 0 Å². The molecule has 3 aromatic rings. The van der Waals surface area contributed by atoms with Crippen LogP contribution in [0.5, 0.6) is 0 Å². The average molecular weight is 401 g/mol. The Morgan fingerprint density at radius 1 is 1.00 bits per heavy atom. The van der Waals surface area contributed by atoms with E-state index in [1.54, 1.807) is 25.1 Å². The lowest BCUT2D eigenvalue weighted by molar-refractivity contribution is -0.118. The highest BCUT2D eigenvalue weighted by atomic mass is 16.3. The van der Waals surface area contributed by atoms with Gasteiger partial charge in [0.25, 0.3) is 5.91 Å². The van der Waals surface area contributed by atoms with Crippen molar-refractivity contribution in [2.75, 3.05) is 4.90 Å². The van der Waals surface area contributed by atoms with Crippen LogP contribution in [0.3, 0.4) is 0 Å². The Labute approximate surface area is 175 Å². The number of ketones is 1. The fourth-order valence-electron chi connectivity index (χ4n) is 3.88. The Kier molecular flexibility index (Phi) is 5.27. The summed E-state index contributed by atoms with van der Waals surface area (Å²) in [7, 11) is 0. The zero-order valence-electron chi connectivity index (χ0n) is 17.0. The molecular weight excluding hydrogens is 378 g/mol. The van der Waals surface area contributed by atoms with Gasteiger partial charge in [0.15, 0.2) is 11.5 Å². The van der Waals surface area contributed by atoms with Crippen LogP contribution in [0.4, 0.5) is 5.69 Å². The SMILES string of the molecule is Cc1ccc(C2C(C(=O)CCc3ccccc3)=C(O)C(=O)N2c2ccccc2C)o1. The molecule has 0 spiro atoms. The molecule has 0 radical (unpaired) electrons. The molecule has 0 bridgehead atoms. The van der Waals surface area contributed by atoms with E-state index in [0.29, 0.717) is 23.6 Å². The minimum absolute atomic E-state index is 0.0912. The zero-order valence-corrected chi connectivity index (χ0v) is 17.0. The average Bonchev–Trinajstić information content (AvgIpc) is 3.29. The van der Waals surface area contributed by atoms with Crippen molar-refractivity contribution in [1.29, 1.82) is 0 Å². The van der Waals surface area contributed by atoms with Gasteiger partial charge in [0.2, 0.25) is 0 Å². The van der Waals surface area contributed by atoms with Crippen LogP contribution >= 0.6 is 0 Å². The molecule has 4 rings (SSSR count). The van der Waals surface area contributed by atoms with Gasteiger partial charge in [-0.2, -0.15) is 0 Å². The molecule has 1 atom stereocenters. The van der Waals surface area contributed by atoms with Crippen LogP contribution in [-0.2, 0) is 16.0 Å². The number of para-hydroxylation sites is 1. The Balaban J connectivity index is 1.73. The van der Waals surface area contributed by atoms with E-state index >= 15 is 0 Å². The van der Waals surface area contributed by atoms with E-state index in [9.17, 15) is 14.7 Å². The third-order valence-electron chi connectivity index (χ3n) is 5.40. The van der Waals surface area contributed by atoms with E-state index in [4.69, 9.17) is 4.42 Å². The summed E-state index contributed by atoms with van der Waals surface area (Å²) in [5.74, 6) is -0.234. The molecule has 1 amide bonds. The van der Waals surface area contributed by atoms with E-state index < -0.39 is 17.7 Å². The number of hydrogen-bond acceptors (Lipinski definition) is 4. The summed E-state index contributed by atoms with van der Waals surface area (Å²) in [6.07, 6.45) is 0.716. The zero-order chi connectivity index (χ0) is 21.3. The molecule has 0 saturated heterocycles. The molecule has 1 aliphatic heterocycles. The van der Waals surface area contributed by atoms with Gasteiger partial charge in [0.1, 0.15) is 17.6 Å². The lowest BCUT2D eigenvalue weighted by Gasteiger charge is -2.26. The summed E-state index contributed by atoms with van der Waals surface area (Å²) >= 11 is 0. The van der Waals surface area contributed by atoms with Crippen LogP contribution in [-0.4, -0.2) is 16.8 Å². The number of aliphatic hydroxyl groups excluding tert-OH is 1. The van der Waals surface area contributed by atoms with Crippen molar-refractivity contribution in [1.82, 2.24) is 0 Å². The predicted molar refractivity (Wildman–Crippen MR) is 114 cm³/mol. The molecule has 5 heteroatoms. The molecule has 30 heavy (non-hydrogen) atoms. The minimum atomic E-state index is -0.796.